The van der Waals surface area contributed by atoms with Gasteiger partial charge in [-0.3, -0.25) is 0 Å². The van der Waals surface area contributed by atoms with Crippen LogP contribution in [0.5, 0.6) is 0 Å². The lowest BCUT2D eigenvalue weighted by Crippen LogP contribution is -1.87. The maximum Gasteiger partial charge on any atom is 0.0645 e. The Kier molecular flexibility index (Phi) is 0.645. The summed E-state index contributed by atoms with van der Waals surface area (Å²) in [5.74, 6) is 0. The van der Waals surface area contributed by atoms with Gasteiger partial charge in [-0.1, -0.05) is 6.07 Å². The molecule has 0 radical (unpaired) electrons. The first-order chi connectivity index (χ1) is 4.61. The van der Waals surface area contributed by atoms with Crippen LogP contribution in [0.25, 0.3) is 0 Å². The van der Waals surface area contributed by atoms with Crippen molar-refractivity contribution in [2.45, 2.75) is 0 Å². The quantitative estimate of drug-likeness (QED) is 0.486. The van der Waals surface area contributed by atoms with Gasteiger partial charge in [0.15, 0.2) is 0 Å². The van der Waals surface area contributed by atoms with Crippen molar-refractivity contribution in [3.05, 3.63) is 24.2 Å². The van der Waals surface area contributed by atoms with Gasteiger partial charge < -0.3 is 11.5 Å². The fraction of sp³-hybridized carbons (Fsp3) is 0. The summed E-state index contributed by atoms with van der Waals surface area (Å²) in [6, 6.07) is 3.05. The van der Waals surface area contributed by atoms with Crippen LogP contribution < -0.4 is 11.5 Å². The number of benzene rings is 1. The first-order valence-corrected chi connectivity index (χ1v) is 2.23. The summed E-state index contributed by atoms with van der Waals surface area (Å²) in [6.45, 7) is 0. The SMILES string of the molecule is [2H]c1cc([2H])c(N)cc1N. The number of nitrogen functional groups attached to an aromatic ring is 2. The molecule has 1 aromatic carbocycles. The summed E-state index contributed by atoms with van der Waals surface area (Å²) in [5.41, 5.74) is 11.3. The Morgan fingerprint density at radius 3 is 2.12 bits per heavy atom. The minimum Gasteiger partial charge on any atom is -0.399 e. The third kappa shape index (κ3) is 0.904. The highest BCUT2D eigenvalue weighted by atomic mass is 14.6. The molecule has 0 aliphatic heterocycles. The average Bonchev–Trinajstić information content (AvgIpc) is 1.84. The van der Waals surface area contributed by atoms with Crippen molar-refractivity contribution >= 4 is 11.4 Å². The third-order valence-electron chi connectivity index (χ3n) is 0.789. The lowest BCUT2D eigenvalue weighted by Gasteiger charge is -1.91. The van der Waals surface area contributed by atoms with Crippen molar-refractivity contribution in [1.29, 1.82) is 0 Å². The van der Waals surface area contributed by atoms with E-state index >= 15 is 0 Å². The third-order valence-corrected chi connectivity index (χ3v) is 0.789. The standard InChI is InChI=1S/C6H8N2/c7-5-2-1-3-6(8)4-5/h1-4H,7-8H2/i2D,3D. The number of anilines is 2. The van der Waals surface area contributed by atoms with E-state index in [9.17, 15) is 0 Å². The van der Waals surface area contributed by atoms with E-state index in [-0.39, 0.29) is 12.1 Å². The molecule has 0 amide bonds. The maximum absolute atomic E-state index is 7.16. The molecule has 0 spiro atoms. The summed E-state index contributed by atoms with van der Waals surface area (Å²) in [4.78, 5) is 0. The molecule has 42 valence electrons. The van der Waals surface area contributed by atoms with E-state index in [1.807, 2.05) is 0 Å². The van der Waals surface area contributed by atoms with E-state index in [4.69, 9.17) is 14.2 Å². The topological polar surface area (TPSA) is 52.0 Å². The molecule has 0 saturated carbocycles. The molecule has 0 aliphatic rings. The predicted molar refractivity (Wildman–Crippen MR) is 35.3 cm³/mol. The molecular weight excluding hydrogens is 100 g/mol. The maximum atomic E-state index is 7.16. The summed E-state index contributed by atoms with van der Waals surface area (Å²) >= 11 is 0. The van der Waals surface area contributed by atoms with Gasteiger partial charge in [0.05, 0.1) is 2.74 Å². The smallest absolute Gasteiger partial charge is 0.0645 e. The van der Waals surface area contributed by atoms with Crippen LogP contribution in [0.15, 0.2) is 24.2 Å². The van der Waals surface area contributed by atoms with Gasteiger partial charge in [-0.25, -0.2) is 0 Å². The number of hydrogen-bond acceptors (Lipinski definition) is 2. The molecule has 1 aromatic rings. The number of hydrogen-bond donors (Lipinski definition) is 2. The largest absolute Gasteiger partial charge is 0.399 e. The molecule has 8 heavy (non-hydrogen) atoms. The summed E-state index contributed by atoms with van der Waals surface area (Å²) in [6.07, 6.45) is 0. The lowest BCUT2D eigenvalue weighted by molar-refractivity contribution is 1.67. The van der Waals surface area contributed by atoms with Crippen LogP contribution in [-0.4, -0.2) is 0 Å². The van der Waals surface area contributed by atoms with Crippen molar-refractivity contribution in [3.8, 4) is 0 Å². The van der Waals surface area contributed by atoms with Crippen LogP contribution in [0, 0.1) is 0 Å². The molecule has 0 heterocycles. The second-order valence-corrected chi connectivity index (χ2v) is 1.49. The highest BCUT2D eigenvalue weighted by Crippen LogP contribution is 2.06. The van der Waals surface area contributed by atoms with Gasteiger partial charge in [0.1, 0.15) is 0 Å². The van der Waals surface area contributed by atoms with Crippen molar-refractivity contribution in [1.82, 2.24) is 0 Å². The van der Waals surface area contributed by atoms with Gasteiger partial charge in [0.25, 0.3) is 0 Å². The Morgan fingerprint density at radius 1 is 1.25 bits per heavy atom. The van der Waals surface area contributed by atoms with Crippen LogP contribution >= 0.6 is 0 Å². The number of rotatable bonds is 0. The van der Waals surface area contributed by atoms with E-state index in [0.717, 1.165) is 0 Å². The molecule has 2 nitrogen and oxygen atoms in total. The summed E-state index contributed by atoms with van der Waals surface area (Å²) in [7, 11) is 0. The molecule has 0 aliphatic carbocycles. The molecule has 0 fully saturated rings. The minimum atomic E-state index is 0.152. The highest BCUT2D eigenvalue weighted by molar-refractivity contribution is 5.50. The molecule has 0 atom stereocenters. The van der Waals surface area contributed by atoms with Crippen molar-refractivity contribution in [2.75, 3.05) is 11.5 Å². The van der Waals surface area contributed by atoms with Crippen LogP contribution in [-0.2, 0) is 0 Å². The van der Waals surface area contributed by atoms with Gasteiger partial charge in [-0.2, -0.15) is 0 Å². The van der Waals surface area contributed by atoms with Gasteiger partial charge >= 0.3 is 0 Å². The van der Waals surface area contributed by atoms with E-state index in [2.05, 4.69) is 0 Å². The Labute approximate surface area is 50.9 Å². The van der Waals surface area contributed by atoms with Gasteiger partial charge in [0.2, 0.25) is 0 Å². The zero-order valence-electron chi connectivity index (χ0n) is 6.31. The van der Waals surface area contributed by atoms with E-state index in [0.29, 0.717) is 11.4 Å². The average molecular weight is 110 g/mol. The van der Waals surface area contributed by atoms with Crippen LogP contribution in [0.3, 0.4) is 0 Å². The van der Waals surface area contributed by atoms with Gasteiger partial charge in [0, 0.05) is 11.4 Å². The fourth-order valence-corrected chi connectivity index (χ4v) is 0.454. The van der Waals surface area contributed by atoms with Crippen LogP contribution in [0.1, 0.15) is 2.74 Å². The van der Waals surface area contributed by atoms with Crippen molar-refractivity contribution in [2.24, 2.45) is 0 Å². The zero-order valence-corrected chi connectivity index (χ0v) is 4.31. The van der Waals surface area contributed by atoms with Crippen molar-refractivity contribution in [3.63, 3.8) is 0 Å². The Morgan fingerprint density at radius 2 is 1.75 bits per heavy atom. The van der Waals surface area contributed by atoms with Crippen LogP contribution in [0.2, 0.25) is 0 Å². The van der Waals surface area contributed by atoms with Crippen molar-refractivity contribution < 1.29 is 2.74 Å². The van der Waals surface area contributed by atoms with Gasteiger partial charge in [-0.15, -0.1) is 0 Å². The minimum absolute atomic E-state index is 0.152. The number of nitrogens with two attached hydrogens (primary N) is 2. The molecular formula is C6H8N2. The second-order valence-electron chi connectivity index (χ2n) is 1.49. The Bertz CT molecular complexity index is 210. The van der Waals surface area contributed by atoms with E-state index in [1.54, 1.807) is 0 Å². The molecule has 0 saturated heterocycles. The molecule has 0 aromatic heterocycles. The molecule has 4 N–H and O–H groups in total. The Balaban J connectivity index is 3.28. The highest BCUT2D eigenvalue weighted by Gasteiger charge is 1.81. The summed E-state index contributed by atoms with van der Waals surface area (Å²) < 4.78 is 14.3. The first-order valence-electron chi connectivity index (χ1n) is 3.23. The molecule has 1 rings (SSSR count). The Hall–Kier alpha value is -1.18. The summed E-state index contributed by atoms with van der Waals surface area (Å²) in [5, 5.41) is 0. The second kappa shape index (κ2) is 1.74. The predicted octanol–water partition coefficient (Wildman–Crippen LogP) is 0.851. The monoisotopic (exact) mass is 110 g/mol. The van der Waals surface area contributed by atoms with E-state index in [1.165, 1.54) is 12.1 Å². The first kappa shape index (κ1) is 2.97. The fourth-order valence-electron chi connectivity index (χ4n) is 0.454. The molecule has 2 heteroatoms. The van der Waals surface area contributed by atoms with E-state index < -0.39 is 0 Å². The normalized spacial score (nSPS) is 12.5. The lowest BCUT2D eigenvalue weighted by atomic mass is 10.3. The molecule has 0 unspecified atom stereocenters. The zero-order chi connectivity index (χ0) is 7.72. The van der Waals surface area contributed by atoms with Gasteiger partial charge in [-0.05, 0) is 18.2 Å². The molecule has 0 bridgehead atoms. The van der Waals surface area contributed by atoms with Crippen LogP contribution in [0.4, 0.5) is 11.4 Å².